The van der Waals surface area contributed by atoms with Crippen LogP contribution in [0.25, 0.3) is 0 Å². The zero-order chi connectivity index (χ0) is 17.2. The Morgan fingerprint density at radius 3 is 2.39 bits per heavy atom. The van der Waals surface area contributed by atoms with E-state index in [2.05, 4.69) is 12.2 Å². The van der Waals surface area contributed by atoms with Crippen molar-refractivity contribution in [3.05, 3.63) is 0 Å². The molecule has 0 aromatic carbocycles. The molecule has 1 aliphatic rings. The average molecular weight is 327 g/mol. The zero-order valence-corrected chi connectivity index (χ0v) is 15.1. The van der Waals surface area contributed by atoms with Gasteiger partial charge in [-0.25, -0.2) is 0 Å². The second kappa shape index (κ2) is 10.6. The third-order valence-electron chi connectivity index (χ3n) is 4.59. The Balaban J connectivity index is 2.25. The van der Waals surface area contributed by atoms with E-state index in [4.69, 9.17) is 4.74 Å². The highest BCUT2D eigenvalue weighted by atomic mass is 16.5. The van der Waals surface area contributed by atoms with Crippen LogP contribution in [0.2, 0.25) is 0 Å². The molecule has 0 bridgehead atoms. The van der Waals surface area contributed by atoms with Gasteiger partial charge in [-0.05, 0) is 45.1 Å². The first-order chi connectivity index (χ1) is 10.9. The zero-order valence-electron chi connectivity index (χ0n) is 15.1. The van der Waals surface area contributed by atoms with E-state index in [9.17, 15) is 9.59 Å². The van der Waals surface area contributed by atoms with Gasteiger partial charge in [-0.1, -0.05) is 6.92 Å². The number of nitrogens with zero attached hydrogens (tertiary/aromatic N) is 2. The summed E-state index contributed by atoms with van der Waals surface area (Å²) >= 11 is 0. The van der Waals surface area contributed by atoms with Gasteiger partial charge in [0.15, 0.2) is 0 Å². The molecule has 6 heteroatoms. The van der Waals surface area contributed by atoms with Gasteiger partial charge >= 0.3 is 0 Å². The van der Waals surface area contributed by atoms with Crippen LogP contribution < -0.4 is 5.32 Å². The van der Waals surface area contributed by atoms with Crippen molar-refractivity contribution < 1.29 is 14.3 Å². The minimum Gasteiger partial charge on any atom is -0.385 e. The van der Waals surface area contributed by atoms with Crippen molar-refractivity contribution in [2.45, 2.75) is 45.1 Å². The van der Waals surface area contributed by atoms with Crippen molar-refractivity contribution in [2.24, 2.45) is 5.92 Å². The minimum absolute atomic E-state index is 0.0504. The molecule has 0 atom stereocenters. The Bertz CT molecular complexity index is 368. The van der Waals surface area contributed by atoms with E-state index in [1.807, 2.05) is 19.0 Å². The molecule has 0 saturated heterocycles. The van der Waals surface area contributed by atoms with Crippen molar-refractivity contribution >= 4 is 11.8 Å². The van der Waals surface area contributed by atoms with E-state index >= 15 is 0 Å². The highest BCUT2D eigenvalue weighted by molar-refractivity contribution is 5.81. The van der Waals surface area contributed by atoms with E-state index in [1.165, 1.54) is 12.8 Å². The maximum absolute atomic E-state index is 12.4. The molecular weight excluding hydrogens is 294 g/mol. The molecule has 0 aliphatic heterocycles. The maximum Gasteiger partial charge on any atom is 0.236 e. The lowest BCUT2D eigenvalue weighted by Gasteiger charge is -2.34. The number of methoxy groups -OCH3 is 1. The van der Waals surface area contributed by atoms with Gasteiger partial charge in [0.05, 0.1) is 13.1 Å². The number of carbonyl (C=O) groups excluding carboxylic acids is 2. The minimum atomic E-state index is -0.0504. The molecule has 1 fully saturated rings. The number of likely N-dealkylation sites (N-methyl/N-ethyl adjacent to an activating group) is 2. The smallest absolute Gasteiger partial charge is 0.236 e. The van der Waals surface area contributed by atoms with E-state index in [-0.39, 0.29) is 24.9 Å². The highest BCUT2D eigenvalue weighted by Crippen LogP contribution is 2.26. The average Bonchev–Trinajstić information content (AvgIpc) is 2.51. The van der Waals surface area contributed by atoms with Crippen molar-refractivity contribution in [2.75, 3.05) is 47.4 Å². The molecule has 2 amide bonds. The Morgan fingerprint density at radius 2 is 1.78 bits per heavy atom. The van der Waals surface area contributed by atoms with Gasteiger partial charge < -0.3 is 15.0 Å². The number of nitrogens with one attached hydrogen (secondary N) is 1. The topological polar surface area (TPSA) is 61.9 Å². The van der Waals surface area contributed by atoms with Crippen molar-refractivity contribution in [3.63, 3.8) is 0 Å². The first-order valence-corrected chi connectivity index (χ1v) is 8.63. The molecule has 23 heavy (non-hydrogen) atoms. The number of carbonyl (C=O) groups is 2. The van der Waals surface area contributed by atoms with Gasteiger partial charge in [-0.3, -0.25) is 14.5 Å². The first kappa shape index (κ1) is 19.9. The predicted molar refractivity (Wildman–Crippen MR) is 91.2 cm³/mol. The normalized spacial score (nSPS) is 21.3. The van der Waals surface area contributed by atoms with E-state index in [0.717, 1.165) is 25.2 Å². The first-order valence-electron chi connectivity index (χ1n) is 8.63. The molecule has 0 heterocycles. The summed E-state index contributed by atoms with van der Waals surface area (Å²) in [5.74, 6) is 0.823. The van der Waals surface area contributed by atoms with Crippen molar-refractivity contribution in [1.82, 2.24) is 15.1 Å². The third kappa shape index (κ3) is 7.79. The third-order valence-corrected chi connectivity index (χ3v) is 4.59. The molecule has 1 rings (SSSR count). The molecule has 134 valence electrons. The molecule has 1 saturated carbocycles. The quantitative estimate of drug-likeness (QED) is 0.645. The highest BCUT2D eigenvalue weighted by Gasteiger charge is 2.25. The molecule has 0 unspecified atom stereocenters. The van der Waals surface area contributed by atoms with Gasteiger partial charge in [-0.2, -0.15) is 0 Å². The number of hydrogen-bond donors (Lipinski definition) is 1. The monoisotopic (exact) mass is 327 g/mol. The van der Waals surface area contributed by atoms with Crippen LogP contribution in [0.5, 0.6) is 0 Å². The number of amides is 2. The summed E-state index contributed by atoms with van der Waals surface area (Å²) in [7, 11) is 5.34. The van der Waals surface area contributed by atoms with E-state index in [1.54, 1.807) is 12.0 Å². The van der Waals surface area contributed by atoms with Gasteiger partial charge in [-0.15, -0.1) is 0 Å². The lowest BCUT2D eigenvalue weighted by molar-refractivity contribution is -0.134. The molecule has 0 radical (unpaired) electrons. The van der Waals surface area contributed by atoms with Crippen LogP contribution >= 0.6 is 0 Å². The summed E-state index contributed by atoms with van der Waals surface area (Å²) < 4.78 is 4.94. The summed E-state index contributed by atoms with van der Waals surface area (Å²) in [5.41, 5.74) is 0. The van der Waals surface area contributed by atoms with Crippen LogP contribution in [-0.4, -0.2) is 75.1 Å². The van der Waals surface area contributed by atoms with Crippen LogP contribution in [0.15, 0.2) is 0 Å². The fraction of sp³-hybridized carbons (Fsp3) is 0.882. The molecule has 6 nitrogen and oxygen atoms in total. The lowest BCUT2D eigenvalue weighted by atomic mass is 9.87. The second-order valence-electron chi connectivity index (χ2n) is 6.79. The van der Waals surface area contributed by atoms with Gasteiger partial charge in [0.25, 0.3) is 0 Å². The van der Waals surface area contributed by atoms with Crippen LogP contribution in [0.4, 0.5) is 0 Å². The van der Waals surface area contributed by atoms with Crippen LogP contribution in [0.1, 0.15) is 39.0 Å². The molecule has 1 aliphatic carbocycles. The van der Waals surface area contributed by atoms with Gasteiger partial charge in [0, 0.05) is 33.4 Å². The Morgan fingerprint density at radius 1 is 1.13 bits per heavy atom. The van der Waals surface area contributed by atoms with Crippen molar-refractivity contribution in [3.8, 4) is 0 Å². The molecule has 0 aromatic rings. The van der Waals surface area contributed by atoms with Gasteiger partial charge in [0.2, 0.25) is 11.8 Å². The lowest BCUT2D eigenvalue weighted by Crippen LogP contribution is -2.45. The number of ether oxygens (including phenoxy) is 1. The summed E-state index contributed by atoms with van der Waals surface area (Å²) in [5, 5.41) is 2.83. The molecule has 0 aromatic heterocycles. The fourth-order valence-electron chi connectivity index (χ4n) is 2.98. The standard InChI is InChI=1S/C17H33N3O3/c1-14-6-8-15(9-7-14)20(3)17(22)13-19(2)12-16(21)18-10-5-11-23-4/h14-15H,5-13H2,1-4H3,(H,18,21). The maximum atomic E-state index is 12.4. The SMILES string of the molecule is COCCCNC(=O)CN(C)CC(=O)N(C)C1CCC(C)CC1. The van der Waals surface area contributed by atoms with E-state index in [0.29, 0.717) is 19.2 Å². The summed E-state index contributed by atoms with van der Waals surface area (Å²) in [6.45, 7) is 4.05. The fourth-order valence-corrected chi connectivity index (χ4v) is 2.98. The van der Waals surface area contributed by atoms with Crippen molar-refractivity contribution in [1.29, 1.82) is 0 Å². The number of rotatable bonds is 9. The van der Waals surface area contributed by atoms with Crippen LogP contribution in [-0.2, 0) is 14.3 Å². The largest absolute Gasteiger partial charge is 0.385 e. The second-order valence-corrected chi connectivity index (χ2v) is 6.79. The van der Waals surface area contributed by atoms with Crippen LogP contribution in [0, 0.1) is 5.92 Å². The predicted octanol–water partition coefficient (Wildman–Crippen LogP) is 1.11. The molecule has 0 spiro atoms. The summed E-state index contributed by atoms with van der Waals surface area (Å²) in [6.07, 6.45) is 5.37. The molecule has 1 N–H and O–H groups in total. The summed E-state index contributed by atoms with van der Waals surface area (Å²) in [4.78, 5) is 27.8. The van der Waals surface area contributed by atoms with Gasteiger partial charge in [0.1, 0.15) is 0 Å². The molecular formula is C17H33N3O3. The van der Waals surface area contributed by atoms with E-state index < -0.39 is 0 Å². The Labute approximate surface area is 140 Å². The number of hydrogen-bond acceptors (Lipinski definition) is 4. The Hall–Kier alpha value is -1.14. The summed E-state index contributed by atoms with van der Waals surface area (Å²) in [6, 6.07) is 0.356. The van der Waals surface area contributed by atoms with Crippen LogP contribution in [0.3, 0.4) is 0 Å². The Kier molecular flexibility index (Phi) is 9.17.